The third-order valence-electron chi connectivity index (χ3n) is 3.95. The summed E-state index contributed by atoms with van der Waals surface area (Å²) in [7, 11) is 2.78. The van der Waals surface area contributed by atoms with Gasteiger partial charge in [0.25, 0.3) is 0 Å². The fraction of sp³-hybridized carbons (Fsp3) is 0.667. The SMILES string of the molecule is CCOC(=O)c1csc([C@@]23CCN(P)CC2C3)n1. The summed E-state index contributed by atoms with van der Waals surface area (Å²) in [6.07, 6.45) is 2.37. The molecule has 0 radical (unpaired) electrons. The number of carbonyl (C=O) groups excluding carboxylic acids is 1. The summed E-state index contributed by atoms with van der Waals surface area (Å²) in [5.41, 5.74) is 0.743. The van der Waals surface area contributed by atoms with Crippen LogP contribution in [0.15, 0.2) is 5.38 Å². The minimum atomic E-state index is -0.294. The maximum atomic E-state index is 11.6. The number of hydrogen-bond donors (Lipinski definition) is 0. The molecule has 0 N–H and O–H groups in total. The van der Waals surface area contributed by atoms with Gasteiger partial charge < -0.3 is 4.74 Å². The number of esters is 1. The molecule has 1 aromatic rings. The van der Waals surface area contributed by atoms with Gasteiger partial charge in [-0.25, -0.2) is 9.78 Å². The zero-order valence-corrected chi connectivity index (χ0v) is 12.4. The van der Waals surface area contributed by atoms with Gasteiger partial charge in [0, 0.05) is 23.9 Å². The lowest BCUT2D eigenvalue weighted by molar-refractivity contribution is 0.0520. The molecule has 2 unspecified atom stereocenters. The first-order valence-corrected chi connectivity index (χ1v) is 7.68. The Morgan fingerprint density at radius 2 is 2.61 bits per heavy atom. The van der Waals surface area contributed by atoms with Gasteiger partial charge >= 0.3 is 5.97 Å². The Balaban J connectivity index is 1.77. The van der Waals surface area contributed by atoms with Crippen LogP contribution in [0.5, 0.6) is 0 Å². The number of carbonyl (C=O) groups is 1. The first-order chi connectivity index (χ1) is 8.65. The molecule has 0 aromatic carbocycles. The normalized spacial score (nSPS) is 30.9. The molecule has 6 heteroatoms. The monoisotopic (exact) mass is 284 g/mol. The topological polar surface area (TPSA) is 42.4 Å². The summed E-state index contributed by atoms with van der Waals surface area (Å²) < 4.78 is 7.29. The third-order valence-corrected chi connectivity index (χ3v) is 5.48. The van der Waals surface area contributed by atoms with Crippen molar-refractivity contribution >= 4 is 26.7 Å². The molecule has 1 saturated carbocycles. The number of hydrogen-bond acceptors (Lipinski definition) is 5. The van der Waals surface area contributed by atoms with Crippen LogP contribution in [0.2, 0.25) is 0 Å². The Morgan fingerprint density at radius 3 is 3.33 bits per heavy atom. The van der Waals surface area contributed by atoms with Gasteiger partial charge in [0.05, 0.1) is 6.61 Å². The van der Waals surface area contributed by atoms with Crippen LogP contribution in [0.4, 0.5) is 0 Å². The van der Waals surface area contributed by atoms with E-state index < -0.39 is 0 Å². The van der Waals surface area contributed by atoms with Gasteiger partial charge in [-0.05, 0) is 25.7 Å². The van der Waals surface area contributed by atoms with Crippen LogP contribution in [-0.2, 0) is 10.2 Å². The highest BCUT2D eigenvalue weighted by molar-refractivity contribution is 7.13. The fourth-order valence-electron chi connectivity index (χ4n) is 2.81. The van der Waals surface area contributed by atoms with Crippen molar-refractivity contribution in [2.45, 2.75) is 25.2 Å². The fourth-order valence-corrected chi connectivity index (χ4v) is 4.31. The van der Waals surface area contributed by atoms with Gasteiger partial charge in [-0.15, -0.1) is 11.3 Å². The molecule has 2 aliphatic rings. The highest BCUT2D eigenvalue weighted by Gasteiger charge is 2.59. The van der Waals surface area contributed by atoms with E-state index in [1.165, 1.54) is 6.42 Å². The minimum absolute atomic E-state index is 0.266. The lowest BCUT2D eigenvalue weighted by Crippen LogP contribution is -2.29. The summed E-state index contributed by atoms with van der Waals surface area (Å²) >= 11 is 1.61. The molecular weight excluding hydrogens is 267 g/mol. The number of aromatic nitrogens is 1. The molecule has 0 amide bonds. The zero-order valence-electron chi connectivity index (χ0n) is 10.4. The van der Waals surface area contributed by atoms with Crippen LogP contribution >= 0.6 is 20.7 Å². The first-order valence-electron chi connectivity index (χ1n) is 6.28. The summed E-state index contributed by atoms with van der Waals surface area (Å²) in [5.74, 6) is 0.419. The molecule has 0 spiro atoms. The minimum Gasteiger partial charge on any atom is -0.461 e. The Morgan fingerprint density at radius 1 is 1.78 bits per heavy atom. The van der Waals surface area contributed by atoms with E-state index >= 15 is 0 Å². The largest absolute Gasteiger partial charge is 0.461 e. The number of thiazole rings is 1. The van der Waals surface area contributed by atoms with E-state index in [1.54, 1.807) is 11.3 Å². The van der Waals surface area contributed by atoms with Gasteiger partial charge in [0.1, 0.15) is 5.01 Å². The van der Waals surface area contributed by atoms with Crippen molar-refractivity contribution in [2.75, 3.05) is 19.7 Å². The molecule has 2 fully saturated rings. The average Bonchev–Trinajstić information content (AvgIpc) is 2.86. The molecule has 1 aliphatic heterocycles. The number of fused-ring (bicyclic) bond motifs is 1. The predicted octanol–water partition coefficient (Wildman–Crippen LogP) is 2.07. The number of rotatable bonds is 3. The van der Waals surface area contributed by atoms with E-state index in [9.17, 15) is 4.79 Å². The molecule has 1 aromatic heterocycles. The van der Waals surface area contributed by atoms with Gasteiger partial charge in [0.2, 0.25) is 0 Å². The van der Waals surface area contributed by atoms with Crippen molar-refractivity contribution < 1.29 is 9.53 Å². The predicted molar refractivity (Wildman–Crippen MR) is 73.8 cm³/mol. The van der Waals surface area contributed by atoms with Crippen LogP contribution < -0.4 is 0 Å². The van der Waals surface area contributed by atoms with Crippen molar-refractivity contribution in [3.05, 3.63) is 16.1 Å². The first kappa shape index (κ1) is 12.5. The molecule has 3 atom stereocenters. The summed E-state index contributed by atoms with van der Waals surface area (Å²) in [4.78, 5) is 16.1. The number of ether oxygens (including phenoxy) is 1. The Hall–Kier alpha value is -0.510. The molecule has 2 heterocycles. The maximum Gasteiger partial charge on any atom is 0.357 e. The number of piperidine rings is 1. The van der Waals surface area contributed by atoms with Gasteiger partial charge in [0.15, 0.2) is 5.69 Å². The lowest BCUT2D eigenvalue weighted by Gasteiger charge is -2.26. The van der Waals surface area contributed by atoms with Crippen LogP contribution in [0.25, 0.3) is 0 Å². The summed E-state index contributed by atoms with van der Waals surface area (Å²) in [6, 6.07) is 0. The summed E-state index contributed by atoms with van der Waals surface area (Å²) in [5, 5.41) is 2.97. The van der Waals surface area contributed by atoms with Gasteiger partial charge in [-0.3, -0.25) is 4.67 Å². The van der Waals surface area contributed by atoms with Crippen molar-refractivity contribution in [3.63, 3.8) is 0 Å². The Labute approximate surface area is 113 Å². The van der Waals surface area contributed by atoms with Crippen molar-refractivity contribution in [2.24, 2.45) is 5.92 Å². The molecule has 1 saturated heterocycles. The molecule has 0 bridgehead atoms. The second-order valence-corrected chi connectivity index (χ2v) is 6.65. The smallest absolute Gasteiger partial charge is 0.357 e. The third kappa shape index (κ3) is 1.98. The van der Waals surface area contributed by atoms with E-state index in [2.05, 4.69) is 19.0 Å². The number of nitrogens with zero attached hydrogens (tertiary/aromatic N) is 2. The van der Waals surface area contributed by atoms with Crippen molar-refractivity contribution in [1.82, 2.24) is 9.65 Å². The van der Waals surface area contributed by atoms with Crippen molar-refractivity contribution in [3.8, 4) is 0 Å². The highest BCUT2D eigenvalue weighted by atomic mass is 32.1. The van der Waals surface area contributed by atoms with Gasteiger partial charge in [-0.1, -0.05) is 9.39 Å². The molecular formula is C12H17N2O2PS. The van der Waals surface area contributed by atoms with E-state index in [1.807, 2.05) is 12.3 Å². The van der Waals surface area contributed by atoms with E-state index in [0.717, 1.165) is 24.5 Å². The molecule has 4 nitrogen and oxygen atoms in total. The van der Waals surface area contributed by atoms with Crippen molar-refractivity contribution in [1.29, 1.82) is 0 Å². The molecule has 98 valence electrons. The highest BCUT2D eigenvalue weighted by Crippen LogP contribution is 2.60. The standard InChI is InChI=1S/C12H17N2O2PS/c1-2-16-10(15)9-7-18-11(13-9)12-3-4-14(17)6-8(12)5-12/h7-8H,2-6,17H2,1H3/t8?,12-/m1/s1. The second kappa shape index (κ2) is 4.55. The molecule has 18 heavy (non-hydrogen) atoms. The van der Waals surface area contributed by atoms with Crippen LogP contribution in [-0.4, -0.2) is 35.3 Å². The molecule has 1 aliphatic carbocycles. The average molecular weight is 284 g/mol. The van der Waals surface area contributed by atoms with Crippen LogP contribution in [0.3, 0.4) is 0 Å². The Bertz CT molecular complexity index is 478. The van der Waals surface area contributed by atoms with Crippen LogP contribution in [0.1, 0.15) is 35.3 Å². The zero-order chi connectivity index (χ0) is 12.8. The molecule has 3 rings (SSSR count). The van der Waals surface area contributed by atoms with Gasteiger partial charge in [-0.2, -0.15) is 0 Å². The quantitative estimate of drug-likeness (QED) is 0.629. The van der Waals surface area contributed by atoms with E-state index in [-0.39, 0.29) is 11.4 Å². The van der Waals surface area contributed by atoms with E-state index in [0.29, 0.717) is 18.2 Å². The second-order valence-electron chi connectivity index (χ2n) is 5.06. The lowest BCUT2D eigenvalue weighted by atomic mass is 9.97. The summed E-state index contributed by atoms with van der Waals surface area (Å²) in [6.45, 7) is 4.44. The van der Waals surface area contributed by atoms with E-state index in [4.69, 9.17) is 4.74 Å². The van der Waals surface area contributed by atoms with Crippen LogP contribution in [0, 0.1) is 5.92 Å². The Kier molecular flexibility index (Phi) is 3.16. The maximum absolute atomic E-state index is 11.6.